The highest BCUT2D eigenvalue weighted by molar-refractivity contribution is 6.04. The third-order valence-corrected chi connectivity index (χ3v) is 2.87. The number of benzene rings is 2. The van der Waals surface area contributed by atoms with E-state index in [9.17, 15) is 18.0 Å². The Morgan fingerprint density at radius 2 is 1.67 bits per heavy atom. The van der Waals surface area contributed by atoms with Gasteiger partial charge in [0.1, 0.15) is 0 Å². The van der Waals surface area contributed by atoms with Gasteiger partial charge in [0.2, 0.25) is 0 Å². The average molecular weight is 294 g/mol. The molecule has 0 saturated heterocycles. The fraction of sp³-hybridized carbons (Fsp3) is 0.133. The lowest BCUT2D eigenvalue weighted by Crippen LogP contribution is -2.15. The Kier molecular flexibility index (Phi) is 4.59. The van der Waals surface area contributed by atoms with Crippen molar-refractivity contribution < 1.29 is 18.0 Å². The molecule has 0 unspecified atom stereocenters. The zero-order valence-corrected chi connectivity index (χ0v) is 11.2. The zero-order chi connectivity index (χ0) is 15.4. The normalized spacial score (nSPS) is 10.5. The van der Waals surface area contributed by atoms with E-state index in [1.165, 1.54) is 0 Å². The van der Waals surface area contributed by atoms with Gasteiger partial charge in [-0.05, 0) is 36.9 Å². The molecule has 0 bridgehead atoms. The lowest BCUT2D eigenvalue weighted by Gasteiger charge is -2.08. The van der Waals surface area contributed by atoms with Crippen molar-refractivity contribution in [1.82, 2.24) is 5.32 Å². The molecule has 6 heteroatoms. The average Bonchev–Trinajstić information content (AvgIpc) is 2.47. The number of nitrogens with one attached hydrogen (secondary N) is 2. The highest BCUT2D eigenvalue weighted by atomic mass is 19.2. The molecule has 3 nitrogen and oxygen atoms in total. The van der Waals surface area contributed by atoms with Gasteiger partial charge in [0.05, 0.1) is 5.56 Å². The summed E-state index contributed by atoms with van der Waals surface area (Å²) >= 11 is 0. The van der Waals surface area contributed by atoms with Crippen molar-refractivity contribution in [2.24, 2.45) is 0 Å². The molecule has 0 fully saturated rings. The second-order valence-electron chi connectivity index (χ2n) is 4.40. The van der Waals surface area contributed by atoms with E-state index in [4.69, 9.17) is 0 Å². The standard InChI is InChI=1S/C15H13F3N2O/c1-19-8-9-2-4-10(5-3-9)20-15(21)11-6-7-12(16)14(18)13(11)17/h2-7,19H,8H2,1H3,(H,20,21). The minimum atomic E-state index is -1.66. The van der Waals surface area contributed by atoms with Crippen LogP contribution in [0.15, 0.2) is 36.4 Å². The zero-order valence-electron chi connectivity index (χ0n) is 11.2. The molecule has 21 heavy (non-hydrogen) atoms. The van der Waals surface area contributed by atoms with Crippen LogP contribution >= 0.6 is 0 Å². The van der Waals surface area contributed by atoms with E-state index in [1.807, 2.05) is 7.05 Å². The molecule has 0 radical (unpaired) electrons. The first-order valence-corrected chi connectivity index (χ1v) is 6.21. The molecule has 0 aliphatic heterocycles. The molecule has 2 N–H and O–H groups in total. The Labute approximate surface area is 119 Å². The Morgan fingerprint density at radius 3 is 2.29 bits per heavy atom. The van der Waals surface area contributed by atoms with Gasteiger partial charge >= 0.3 is 0 Å². The lowest BCUT2D eigenvalue weighted by molar-refractivity contribution is 0.102. The van der Waals surface area contributed by atoms with E-state index in [2.05, 4.69) is 10.6 Å². The summed E-state index contributed by atoms with van der Waals surface area (Å²) in [6.07, 6.45) is 0. The Hall–Kier alpha value is -2.34. The summed E-state index contributed by atoms with van der Waals surface area (Å²) in [7, 11) is 1.81. The minimum Gasteiger partial charge on any atom is -0.322 e. The van der Waals surface area contributed by atoms with Crippen molar-refractivity contribution in [3.63, 3.8) is 0 Å². The Balaban J connectivity index is 2.16. The number of hydrogen-bond acceptors (Lipinski definition) is 2. The van der Waals surface area contributed by atoms with E-state index >= 15 is 0 Å². The van der Waals surface area contributed by atoms with Crippen LogP contribution < -0.4 is 10.6 Å². The lowest BCUT2D eigenvalue weighted by atomic mass is 10.1. The highest BCUT2D eigenvalue weighted by Crippen LogP contribution is 2.17. The van der Waals surface area contributed by atoms with Crippen molar-refractivity contribution in [2.75, 3.05) is 12.4 Å². The maximum absolute atomic E-state index is 13.5. The molecule has 0 saturated carbocycles. The van der Waals surface area contributed by atoms with Gasteiger partial charge in [-0.25, -0.2) is 13.2 Å². The molecule has 0 aliphatic rings. The molecule has 0 aromatic heterocycles. The fourth-order valence-corrected chi connectivity index (χ4v) is 1.81. The summed E-state index contributed by atoms with van der Waals surface area (Å²) in [6.45, 7) is 0.673. The minimum absolute atomic E-state index is 0.434. The van der Waals surface area contributed by atoms with Crippen molar-refractivity contribution in [3.8, 4) is 0 Å². The monoisotopic (exact) mass is 294 g/mol. The van der Waals surface area contributed by atoms with Crippen LogP contribution in [0.2, 0.25) is 0 Å². The smallest absolute Gasteiger partial charge is 0.258 e. The molecule has 0 aliphatic carbocycles. The second-order valence-corrected chi connectivity index (χ2v) is 4.40. The highest BCUT2D eigenvalue weighted by Gasteiger charge is 2.18. The summed E-state index contributed by atoms with van der Waals surface area (Å²) in [4.78, 5) is 11.9. The van der Waals surface area contributed by atoms with Crippen LogP contribution in [-0.2, 0) is 6.54 Å². The topological polar surface area (TPSA) is 41.1 Å². The SMILES string of the molecule is CNCc1ccc(NC(=O)c2ccc(F)c(F)c2F)cc1. The summed E-state index contributed by atoms with van der Waals surface area (Å²) in [5, 5.41) is 5.40. The van der Waals surface area contributed by atoms with Crippen molar-refractivity contribution in [1.29, 1.82) is 0 Å². The van der Waals surface area contributed by atoms with Gasteiger partial charge in [-0.15, -0.1) is 0 Å². The number of anilines is 1. The van der Waals surface area contributed by atoms with Crippen molar-refractivity contribution in [2.45, 2.75) is 6.54 Å². The van der Waals surface area contributed by atoms with Crippen molar-refractivity contribution >= 4 is 11.6 Å². The first kappa shape index (κ1) is 15.1. The molecule has 1 amide bonds. The Morgan fingerprint density at radius 1 is 1.00 bits per heavy atom. The van der Waals surface area contributed by atoms with Crippen LogP contribution in [0, 0.1) is 17.5 Å². The predicted molar refractivity (Wildman–Crippen MR) is 73.5 cm³/mol. The molecule has 0 spiro atoms. The second kappa shape index (κ2) is 6.41. The molecule has 0 atom stereocenters. The molecule has 110 valence electrons. The van der Waals surface area contributed by atoms with Gasteiger partial charge in [-0.2, -0.15) is 0 Å². The van der Waals surface area contributed by atoms with Crippen LogP contribution in [0.25, 0.3) is 0 Å². The predicted octanol–water partition coefficient (Wildman–Crippen LogP) is 3.08. The van der Waals surface area contributed by atoms with Crippen LogP contribution in [0.5, 0.6) is 0 Å². The van der Waals surface area contributed by atoms with Gasteiger partial charge in [0.15, 0.2) is 17.5 Å². The first-order chi connectivity index (χ1) is 10.0. The summed E-state index contributed by atoms with van der Waals surface area (Å²) in [5.41, 5.74) is 0.895. The van der Waals surface area contributed by atoms with Crippen LogP contribution in [0.1, 0.15) is 15.9 Å². The van der Waals surface area contributed by atoms with Gasteiger partial charge in [-0.3, -0.25) is 4.79 Å². The number of hydrogen-bond donors (Lipinski definition) is 2. The van der Waals surface area contributed by atoms with E-state index < -0.39 is 28.9 Å². The Bertz CT molecular complexity index is 657. The van der Waals surface area contributed by atoms with Crippen LogP contribution in [-0.4, -0.2) is 13.0 Å². The van der Waals surface area contributed by atoms with E-state index in [0.29, 0.717) is 18.3 Å². The number of amides is 1. The molecular weight excluding hydrogens is 281 g/mol. The van der Waals surface area contributed by atoms with Gasteiger partial charge in [0, 0.05) is 12.2 Å². The van der Waals surface area contributed by atoms with E-state index in [0.717, 1.165) is 11.6 Å². The summed E-state index contributed by atoms with van der Waals surface area (Å²) in [6, 6.07) is 8.47. The largest absolute Gasteiger partial charge is 0.322 e. The maximum atomic E-state index is 13.5. The molecule has 2 aromatic carbocycles. The third-order valence-electron chi connectivity index (χ3n) is 2.87. The molecular formula is C15H13F3N2O. The van der Waals surface area contributed by atoms with Gasteiger partial charge < -0.3 is 10.6 Å². The summed E-state index contributed by atoms with van der Waals surface area (Å²) < 4.78 is 39.4. The van der Waals surface area contributed by atoms with Crippen LogP contribution in [0.3, 0.4) is 0 Å². The maximum Gasteiger partial charge on any atom is 0.258 e. The summed E-state index contributed by atoms with van der Waals surface area (Å²) in [5.74, 6) is -5.33. The van der Waals surface area contributed by atoms with Gasteiger partial charge in [-0.1, -0.05) is 12.1 Å². The van der Waals surface area contributed by atoms with E-state index in [1.54, 1.807) is 24.3 Å². The molecule has 2 rings (SSSR count). The van der Waals surface area contributed by atoms with Crippen LogP contribution in [0.4, 0.5) is 18.9 Å². The third kappa shape index (κ3) is 3.41. The fourth-order valence-electron chi connectivity index (χ4n) is 1.81. The molecule has 2 aromatic rings. The number of halogens is 3. The quantitative estimate of drug-likeness (QED) is 0.851. The van der Waals surface area contributed by atoms with Crippen molar-refractivity contribution in [3.05, 3.63) is 65.0 Å². The molecule has 0 heterocycles. The number of rotatable bonds is 4. The first-order valence-electron chi connectivity index (χ1n) is 6.21. The van der Waals surface area contributed by atoms with E-state index in [-0.39, 0.29) is 0 Å². The number of carbonyl (C=O) groups is 1. The van der Waals surface area contributed by atoms with Gasteiger partial charge in [0.25, 0.3) is 5.91 Å². The number of carbonyl (C=O) groups excluding carboxylic acids is 1.